The molecular weight excluding hydrogens is 454 g/mol. The highest BCUT2D eigenvalue weighted by Crippen LogP contribution is 2.37. The van der Waals surface area contributed by atoms with Crippen molar-refractivity contribution in [3.05, 3.63) is 75.2 Å². The number of aryl methyl sites for hydroxylation is 2. The number of esters is 1. The van der Waals surface area contributed by atoms with Crippen molar-refractivity contribution in [1.82, 2.24) is 4.57 Å². The molecule has 0 spiro atoms. The molecule has 0 bridgehead atoms. The van der Waals surface area contributed by atoms with Gasteiger partial charge in [0.15, 0.2) is 23.0 Å². The van der Waals surface area contributed by atoms with Crippen LogP contribution in [0, 0.1) is 6.92 Å². The summed E-state index contributed by atoms with van der Waals surface area (Å²) in [6.45, 7) is 1.95. The first-order valence-electron chi connectivity index (χ1n) is 10.9. The molecule has 0 aliphatic carbocycles. The molecule has 1 unspecified atom stereocenters. The topological polar surface area (TPSA) is 127 Å². The highest BCUT2D eigenvalue weighted by molar-refractivity contribution is 5.71. The Hall–Kier alpha value is -4.14. The van der Waals surface area contributed by atoms with Gasteiger partial charge in [0.1, 0.15) is 5.75 Å². The third-order valence-electron chi connectivity index (χ3n) is 5.94. The van der Waals surface area contributed by atoms with Crippen molar-refractivity contribution < 1.29 is 34.3 Å². The summed E-state index contributed by atoms with van der Waals surface area (Å²) in [6.07, 6.45) is 0.209. The second-order valence-corrected chi connectivity index (χ2v) is 8.06. The molecule has 1 atom stereocenters. The number of methoxy groups -OCH3 is 3. The molecule has 0 amide bonds. The van der Waals surface area contributed by atoms with Crippen LogP contribution in [-0.4, -0.2) is 47.2 Å². The lowest BCUT2D eigenvalue weighted by Crippen LogP contribution is -2.29. The summed E-state index contributed by atoms with van der Waals surface area (Å²) in [4.78, 5) is 25.9. The van der Waals surface area contributed by atoms with E-state index in [1.807, 2.05) is 0 Å². The van der Waals surface area contributed by atoms with Crippen LogP contribution in [0.5, 0.6) is 28.7 Å². The zero-order valence-electron chi connectivity index (χ0n) is 20.1. The third-order valence-corrected chi connectivity index (χ3v) is 5.94. The smallest absolute Gasteiger partial charge is 0.306 e. The predicted molar refractivity (Wildman–Crippen MR) is 129 cm³/mol. The van der Waals surface area contributed by atoms with Gasteiger partial charge >= 0.3 is 5.97 Å². The number of carbonyl (C=O) groups is 1. The molecule has 0 aliphatic heterocycles. The fraction of sp³-hybridized carbons (Fsp3) is 0.308. The number of aromatic nitrogens is 1. The van der Waals surface area contributed by atoms with Crippen molar-refractivity contribution in [2.75, 3.05) is 21.3 Å². The molecule has 0 saturated carbocycles. The molecule has 0 aliphatic rings. The first kappa shape index (κ1) is 25.5. The quantitative estimate of drug-likeness (QED) is 0.313. The van der Waals surface area contributed by atoms with Gasteiger partial charge in [-0.1, -0.05) is 12.1 Å². The van der Waals surface area contributed by atoms with Crippen LogP contribution in [-0.2, 0) is 22.5 Å². The molecule has 1 heterocycles. The summed E-state index contributed by atoms with van der Waals surface area (Å²) in [7, 11) is 4.24. The molecule has 186 valence electrons. The lowest BCUT2D eigenvalue weighted by molar-refractivity contribution is -0.140. The van der Waals surface area contributed by atoms with Crippen molar-refractivity contribution in [2.45, 2.75) is 32.2 Å². The van der Waals surface area contributed by atoms with Gasteiger partial charge in [-0.25, -0.2) is 0 Å². The molecule has 3 rings (SSSR count). The van der Waals surface area contributed by atoms with Crippen LogP contribution in [0.1, 0.15) is 34.7 Å². The Bertz CT molecular complexity index is 1280. The number of ether oxygens (including phenoxy) is 3. The molecule has 9 heteroatoms. The maximum absolute atomic E-state index is 13.6. The van der Waals surface area contributed by atoms with Gasteiger partial charge in [0.25, 0.3) is 5.56 Å². The summed E-state index contributed by atoms with van der Waals surface area (Å²) < 4.78 is 17.0. The summed E-state index contributed by atoms with van der Waals surface area (Å²) >= 11 is 0. The molecule has 0 radical (unpaired) electrons. The summed E-state index contributed by atoms with van der Waals surface area (Å²) in [5.74, 6) is -1.15. The van der Waals surface area contributed by atoms with Gasteiger partial charge in [-0.15, -0.1) is 0 Å². The summed E-state index contributed by atoms with van der Waals surface area (Å²) in [5.41, 5.74) is 1.42. The van der Waals surface area contributed by atoms with E-state index in [1.165, 1.54) is 44.1 Å². The molecule has 0 saturated heterocycles. The molecule has 35 heavy (non-hydrogen) atoms. The van der Waals surface area contributed by atoms with E-state index in [9.17, 15) is 24.9 Å². The number of hydrogen-bond donors (Lipinski definition) is 3. The molecular formula is C26H29NO8. The first-order chi connectivity index (χ1) is 16.7. The van der Waals surface area contributed by atoms with Crippen LogP contribution in [0.2, 0.25) is 0 Å². The maximum atomic E-state index is 13.6. The molecule has 2 aromatic carbocycles. The minimum Gasteiger partial charge on any atom is -0.507 e. The van der Waals surface area contributed by atoms with Crippen molar-refractivity contribution >= 4 is 5.97 Å². The van der Waals surface area contributed by atoms with Gasteiger partial charge in [-0.3, -0.25) is 9.59 Å². The number of phenols is 2. The van der Waals surface area contributed by atoms with Crippen LogP contribution in [0.15, 0.2) is 47.3 Å². The molecule has 3 aromatic rings. The number of pyridine rings is 1. The number of rotatable bonds is 9. The zero-order valence-corrected chi connectivity index (χ0v) is 20.1. The summed E-state index contributed by atoms with van der Waals surface area (Å²) in [6, 6.07) is 11.0. The predicted octanol–water partition coefficient (Wildman–Crippen LogP) is 3.23. The van der Waals surface area contributed by atoms with E-state index in [4.69, 9.17) is 14.2 Å². The number of carbonyl (C=O) groups excluding carboxylic acids is 1. The zero-order chi connectivity index (χ0) is 25.7. The van der Waals surface area contributed by atoms with Gasteiger partial charge in [-0.05, 0) is 54.8 Å². The fourth-order valence-corrected chi connectivity index (χ4v) is 4.05. The Labute approximate surface area is 202 Å². The number of hydrogen-bond acceptors (Lipinski definition) is 8. The van der Waals surface area contributed by atoms with Crippen molar-refractivity contribution in [1.29, 1.82) is 0 Å². The summed E-state index contributed by atoms with van der Waals surface area (Å²) in [5, 5.41) is 30.1. The van der Waals surface area contributed by atoms with E-state index in [-0.39, 0.29) is 35.8 Å². The Morgan fingerprint density at radius 1 is 0.914 bits per heavy atom. The molecule has 1 aromatic heterocycles. The average Bonchev–Trinajstić information content (AvgIpc) is 2.84. The van der Waals surface area contributed by atoms with Gasteiger partial charge in [0.2, 0.25) is 0 Å². The van der Waals surface area contributed by atoms with E-state index in [0.29, 0.717) is 34.7 Å². The second-order valence-electron chi connectivity index (χ2n) is 8.06. The Balaban J connectivity index is 2.08. The van der Waals surface area contributed by atoms with Crippen molar-refractivity contribution in [3.63, 3.8) is 0 Å². The van der Waals surface area contributed by atoms with Crippen LogP contribution in [0.3, 0.4) is 0 Å². The Morgan fingerprint density at radius 2 is 1.63 bits per heavy atom. The molecule has 9 nitrogen and oxygen atoms in total. The van der Waals surface area contributed by atoms with Crippen LogP contribution in [0.25, 0.3) is 0 Å². The van der Waals surface area contributed by atoms with Crippen LogP contribution < -0.4 is 15.0 Å². The van der Waals surface area contributed by atoms with E-state index >= 15 is 0 Å². The van der Waals surface area contributed by atoms with Crippen LogP contribution >= 0.6 is 0 Å². The average molecular weight is 484 g/mol. The van der Waals surface area contributed by atoms with Gasteiger partial charge in [-0.2, -0.15) is 0 Å². The molecule has 3 N–H and O–H groups in total. The largest absolute Gasteiger partial charge is 0.507 e. The van der Waals surface area contributed by atoms with Crippen molar-refractivity contribution in [2.24, 2.45) is 0 Å². The van der Waals surface area contributed by atoms with Gasteiger partial charge in [0.05, 0.1) is 33.3 Å². The lowest BCUT2D eigenvalue weighted by atomic mass is 9.88. The maximum Gasteiger partial charge on any atom is 0.306 e. The minimum absolute atomic E-state index is 0.0572. The monoisotopic (exact) mass is 483 g/mol. The SMILES string of the molecule is COC(=O)CC(c1ccc(OC)c(OC)c1)c1c(O)cc(C)n(CCc2ccc(O)c(O)c2)c1=O. The van der Waals surface area contributed by atoms with E-state index in [1.54, 1.807) is 31.2 Å². The first-order valence-corrected chi connectivity index (χ1v) is 10.9. The third kappa shape index (κ3) is 5.51. The van der Waals surface area contributed by atoms with Crippen molar-refractivity contribution in [3.8, 4) is 28.7 Å². The standard InChI is InChI=1S/C26H29NO8/c1-15-11-21(30)25(26(32)27(15)10-9-16-5-7-19(28)20(29)12-16)18(14-24(31)35-4)17-6-8-22(33-2)23(13-17)34-3/h5-8,11-13,18,28-30H,9-10,14H2,1-4H3. The number of benzene rings is 2. The number of phenolic OH excluding ortho intramolecular Hbond substituents is 2. The van der Waals surface area contributed by atoms with Gasteiger partial charge in [0, 0.05) is 18.2 Å². The second kappa shape index (κ2) is 10.9. The van der Waals surface area contributed by atoms with E-state index in [2.05, 4.69) is 0 Å². The Morgan fingerprint density at radius 3 is 2.26 bits per heavy atom. The van der Waals surface area contributed by atoms with Gasteiger partial charge < -0.3 is 34.1 Å². The molecule has 0 fully saturated rings. The van der Waals surface area contributed by atoms with Crippen LogP contribution in [0.4, 0.5) is 0 Å². The van der Waals surface area contributed by atoms with E-state index in [0.717, 1.165) is 0 Å². The van der Waals surface area contributed by atoms with E-state index < -0.39 is 17.4 Å². The Kier molecular flexibility index (Phi) is 7.91. The number of nitrogens with zero attached hydrogens (tertiary/aromatic N) is 1. The fourth-order valence-electron chi connectivity index (χ4n) is 4.05. The lowest BCUT2D eigenvalue weighted by Gasteiger charge is -2.21. The number of aromatic hydroxyl groups is 3. The minimum atomic E-state index is -0.806. The highest BCUT2D eigenvalue weighted by Gasteiger charge is 2.27. The highest BCUT2D eigenvalue weighted by atomic mass is 16.5. The normalized spacial score (nSPS) is 11.7.